The molecule has 0 radical (unpaired) electrons. The first-order valence-corrected chi connectivity index (χ1v) is 8.66. The van der Waals surface area contributed by atoms with E-state index < -0.39 is 3.79 Å². The highest BCUT2D eigenvalue weighted by molar-refractivity contribution is 6.66. The van der Waals surface area contributed by atoms with Crippen LogP contribution < -0.4 is 5.32 Å². The molecule has 0 aliphatic rings. The van der Waals surface area contributed by atoms with Crippen LogP contribution in [0, 0.1) is 0 Å². The summed E-state index contributed by atoms with van der Waals surface area (Å²) in [6.07, 6.45) is 1.70. The summed E-state index contributed by atoms with van der Waals surface area (Å²) < 4.78 is -1.77. The van der Waals surface area contributed by atoms with Crippen LogP contribution >= 0.6 is 46.4 Å². The van der Waals surface area contributed by atoms with Crippen LogP contribution in [-0.4, -0.2) is 19.9 Å². The van der Waals surface area contributed by atoms with Crippen molar-refractivity contribution in [3.05, 3.63) is 65.2 Å². The molecule has 2 heterocycles. The third kappa shape index (κ3) is 4.92. The molecule has 3 aromatic rings. The van der Waals surface area contributed by atoms with Gasteiger partial charge in [-0.05, 0) is 36.4 Å². The lowest BCUT2D eigenvalue weighted by atomic mass is 10.2. The van der Waals surface area contributed by atoms with Gasteiger partial charge >= 0.3 is 0 Å². The molecule has 0 amide bonds. The third-order valence-corrected chi connectivity index (χ3v) is 3.90. The maximum atomic E-state index is 5.95. The minimum atomic E-state index is -1.77. The number of alkyl halides is 3. The Morgan fingerprint density at radius 2 is 1.68 bits per heavy atom. The normalized spacial score (nSPS) is 11.4. The predicted octanol–water partition coefficient (Wildman–Crippen LogP) is 5.03. The number of anilines is 1. The average molecular weight is 415 g/mol. The Bertz CT molecular complexity index is 851. The Labute approximate surface area is 164 Å². The van der Waals surface area contributed by atoms with Gasteiger partial charge in [0.25, 0.3) is 0 Å². The van der Waals surface area contributed by atoms with Gasteiger partial charge in [0, 0.05) is 16.8 Å². The third-order valence-electron chi connectivity index (χ3n) is 3.15. The van der Waals surface area contributed by atoms with Crippen molar-refractivity contribution >= 4 is 52.4 Å². The molecule has 0 unspecified atom stereocenters. The second-order valence-electron chi connectivity index (χ2n) is 4.99. The van der Waals surface area contributed by atoms with E-state index >= 15 is 0 Å². The summed E-state index contributed by atoms with van der Waals surface area (Å²) in [7, 11) is 0. The van der Waals surface area contributed by atoms with E-state index in [9.17, 15) is 0 Å². The molecular formula is C16H11Cl4N5. The van der Waals surface area contributed by atoms with Crippen LogP contribution in [-0.2, 0) is 10.3 Å². The van der Waals surface area contributed by atoms with E-state index in [0.717, 1.165) is 11.3 Å². The zero-order valence-electron chi connectivity index (χ0n) is 12.6. The zero-order chi connectivity index (χ0) is 17.9. The number of nitrogens with zero attached hydrogens (tertiary/aromatic N) is 4. The van der Waals surface area contributed by atoms with E-state index in [4.69, 9.17) is 46.4 Å². The summed E-state index contributed by atoms with van der Waals surface area (Å²) >= 11 is 23.8. The van der Waals surface area contributed by atoms with Crippen LogP contribution in [0.15, 0.2) is 48.7 Å². The van der Waals surface area contributed by atoms with Crippen molar-refractivity contribution in [1.82, 2.24) is 19.9 Å². The van der Waals surface area contributed by atoms with E-state index in [1.165, 1.54) is 0 Å². The first kappa shape index (κ1) is 18.1. The molecule has 25 heavy (non-hydrogen) atoms. The van der Waals surface area contributed by atoms with Gasteiger partial charge in [-0.2, -0.15) is 9.97 Å². The van der Waals surface area contributed by atoms with E-state index in [-0.39, 0.29) is 11.8 Å². The number of rotatable bonds is 4. The number of halogens is 4. The minimum absolute atomic E-state index is 0.0287. The summed E-state index contributed by atoms with van der Waals surface area (Å²) in [4.78, 5) is 17.0. The molecule has 5 nitrogen and oxygen atoms in total. The number of nitrogens with one attached hydrogen (secondary N) is 1. The van der Waals surface area contributed by atoms with Crippen molar-refractivity contribution in [2.24, 2.45) is 0 Å². The maximum absolute atomic E-state index is 5.95. The van der Waals surface area contributed by atoms with Crippen molar-refractivity contribution in [2.45, 2.75) is 10.3 Å². The fraction of sp³-hybridized carbons (Fsp3) is 0.125. The predicted molar refractivity (Wildman–Crippen MR) is 101 cm³/mol. The van der Waals surface area contributed by atoms with Gasteiger partial charge in [0.15, 0.2) is 11.6 Å². The Morgan fingerprint density at radius 1 is 0.920 bits per heavy atom. The van der Waals surface area contributed by atoms with Crippen LogP contribution in [0.4, 0.5) is 5.95 Å². The van der Waals surface area contributed by atoms with Gasteiger partial charge in [0.2, 0.25) is 9.74 Å². The molecule has 2 aromatic heterocycles. The first-order valence-electron chi connectivity index (χ1n) is 7.15. The minimum Gasteiger partial charge on any atom is -0.348 e. The fourth-order valence-electron chi connectivity index (χ4n) is 1.98. The Balaban J connectivity index is 1.94. The molecule has 128 valence electrons. The van der Waals surface area contributed by atoms with Crippen LogP contribution in [0.3, 0.4) is 0 Å². The van der Waals surface area contributed by atoms with Crippen molar-refractivity contribution < 1.29 is 0 Å². The molecule has 0 aliphatic carbocycles. The summed E-state index contributed by atoms with van der Waals surface area (Å²) in [5.74, 6) is 0.685. The average Bonchev–Trinajstić information content (AvgIpc) is 2.60. The number of hydrogen-bond acceptors (Lipinski definition) is 5. The summed E-state index contributed by atoms with van der Waals surface area (Å²) in [6.45, 7) is 0.421. The quantitative estimate of drug-likeness (QED) is 0.606. The Kier molecular flexibility index (Phi) is 5.59. The molecule has 0 saturated carbocycles. The van der Waals surface area contributed by atoms with E-state index in [1.54, 1.807) is 30.5 Å². The van der Waals surface area contributed by atoms with Gasteiger partial charge in [-0.3, -0.25) is 4.98 Å². The van der Waals surface area contributed by atoms with Crippen LogP contribution in [0.2, 0.25) is 5.02 Å². The van der Waals surface area contributed by atoms with Gasteiger partial charge in [-0.25, -0.2) is 4.98 Å². The van der Waals surface area contributed by atoms with Crippen molar-refractivity contribution in [3.63, 3.8) is 0 Å². The number of hydrogen-bond donors (Lipinski definition) is 1. The van der Waals surface area contributed by atoms with Crippen LogP contribution in [0.1, 0.15) is 11.5 Å². The molecule has 9 heteroatoms. The Hall–Kier alpha value is -1.66. The van der Waals surface area contributed by atoms with Crippen molar-refractivity contribution in [1.29, 1.82) is 0 Å². The highest BCUT2D eigenvalue weighted by Gasteiger charge is 2.28. The molecule has 0 spiro atoms. The summed E-state index contributed by atoms with van der Waals surface area (Å²) in [6, 6.07) is 12.6. The monoisotopic (exact) mass is 413 g/mol. The molecule has 0 atom stereocenters. The van der Waals surface area contributed by atoms with E-state index in [2.05, 4.69) is 25.3 Å². The van der Waals surface area contributed by atoms with Crippen LogP contribution in [0.25, 0.3) is 11.4 Å². The molecule has 0 bridgehead atoms. The van der Waals surface area contributed by atoms with E-state index in [0.29, 0.717) is 17.4 Å². The molecular weight excluding hydrogens is 404 g/mol. The lowest BCUT2D eigenvalue weighted by Gasteiger charge is -2.13. The van der Waals surface area contributed by atoms with Crippen molar-refractivity contribution in [3.8, 4) is 11.4 Å². The van der Waals surface area contributed by atoms with Gasteiger partial charge < -0.3 is 5.32 Å². The molecule has 1 N–H and O–H groups in total. The molecule has 3 rings (SSSR count). The molecule has 1 aromatic carbocycles. The lowest BCUT2D eigenvalue weighted by Crippen LogP contribution is -2.13. The highest BCUT2D eigenvalue weighted by Crippen LogP contribution is 2.36. The lowest BCUT2D eigenvalue weighted by molar-refractivity contribution is 0.906. The maximum Gasteiger partial charge on any atom is 0.250 e. The van der Waals surface area contributed by atoms with Gasteiger partial charge in [0.05, 0.1) is 12.2 Å². The summed E-state index contributed by atoms with van der Waals surface area (Å²) in [5.41, 5.74) is 1.55. The highest BCUT2D eigenvalue weighted by atomic mass is 35.6. The number of aromatic nitrogens is 4. The van der Waals surface area contributed by atoms with Crippen molar-refractivity contribution in [2.75, 3.05) is 5.32 Å². The summed E-state index contributed by atoms with van der Waals surface area (Å²) in [5, 5.41) is 3.67. The van der Waals surface area contributed by atoms with Gasteiger partial charge in [0.1, 0.15) is 0 Å². The first-order chi connectivity index (χ1) is 11.9. The molecule has 0 saturated heterocycles. The molecule has 0 fully saturated rings. The Morgan fingerprint density at radius 3 is 2.32 bits per heavy atom. The largest absolute Gasteiger partial charge is 0.348 e. The second kappa shape index (κ2) is 7.70. The van der Waals surface area contributed by atoms with Gasteiger partial charge in [-0.15, -0.1) is 0 Å². The van der Waals surface area contributed by atoms with E-state index in [1.807, 2.05) is 18.2 Å². The smallest absolute Gasteiger partial charge is 0.250 e. The molecule has 0 aliphatic heterocycles. The second-order valence-corrected chi connectivity index (χ2v) is 7.70. The number of pyridine rings is 1. The zero-order valence-corrected chi connectivity index (χ0v) is 15.7. The SMILES string of the molecule is Clc1ccc(-c2nc(NCc3ccccn3)nc(C(Cl)(Cl)Cl)n2)cc1. The standard InChI is InChI=1S/C16H11Cl4N5/c17-11-6-4-10(5-7-11)13-23-14(16(18,19)20)25-15(24-13)22-9-12-3-1-2-8-21-12/h1-8H,9H2,(H,22,23,24,25). The van der Waals surface area contributed by atoms with Crippen LogP contribution in [0.5, 0.6) is 0 Å². The fourth-order valence-corrected chi connectivity index (χ4v) is 2.36. The number of benzene rings is 1. The van der Waals surface area contributed by atoms with Gasteiger partial charge in [-0.1, -0.05) is 52.5 Å². The topological polar surface area (TPSA) is 63.6 Å².